The molecule has 2 N–H and O–H groups in total. The number of para-hydroxylation sites is 1. The van der Waals surface area contributed by atoms with Crippen LogP contribution >= 0.6 is 0 Å². The van der Waals surface area contributed by atoms with E-state index in [4.69, 9.17) is 4.74 Å². The van der Waals surface area contributed by atoms with Gasteiger partial charge in [-0.1, -0.05) is 18.9 Å². The molecule has 0 aromatic heterocycles. The molecule has 1 aromatic rings. The Morgan fingerprint density at radius 2 is 2.13 bits per heavy atom. The van der Waals surface area contributed by atoms with E-state index in [-0.39, 0.29) is 17.2 Å². The number of nitro benzene ring substituents is 1. The molecule has 0 bridgehead atoms. The lowest BCUT2D eigenvalue weighted by molar-refractivity contribution is -0.385. The van der Waals surface area contributed by atoms with E-state index in [9.17, 15) is 20.0 Å². The minimum Gasteiger partial charge on any atom is -0.502 e. The highest BCUT2D eigenvalue weighted by molar-refractivity contribution is 5.98. The molecule has 1 heterocycles. The number of rotatable bonds is 3. The number of nitrogens with zero attached hydrogens (tertiary/aromatic N) is 1. The molecule has 7 nitrogen and oxygen atoms in total. The van der Waals surface area contributed by atoms with Gasteiger partial charge in [-0.2, -0.15) is 0 Å². The van der Waals surface area contributed by atoms with Crippen molar-refractivity contribution >= 4 is 11.6 Å². The predicted molar refractivity (Wildman–Crippen MR) is 82.4 cm³/mol. The monoisotopic (exact) mass is 320 g/mol. The van der Waals surface area contributed by atoms with Crippen LogP contribution in [0.1, 0.15) is 48.9 Å². The first kappa shape index (κ1) is 15.7. The van der Waals surface area contributed by atoms with Crippen LogP contribution in [0.3, 0.4) is 0 Å². The van der Waals surface area contributed by atoms with Gasteiger partial charge in [0.1, 0.15) is 0 Å². The van der Waals surface area contributed by atoms with Crippen molar-refractivity contribution in [2.45, 2.75) is 50.2 Å². The standard InChI is InChI=1S/C16H20N2O5/c19-14-12(4-3-5-13(14)18(21)22)15(20)17-11-6-9-23-16(10-11)7-1-2-8-16/h3-5,11,19H,1-2,6-10H2,(H,17,20). The van der Waals surface area contributed by atoms with Gasteiger partial charge in [0.25, 0.3) is 5.91 Å². The fraction of sp³-hybridized carbons (Fsp3) is 0.562. The fourth-order valence-corrected chi connectivity index (χ4v) is 3.64. The van der Waals surface area contributed by atoms with Crippen molar-refractivity contribution in [2.24, 2.45) is 0 Å². The van der Waals surface area contributed by atoms with Gasteiger partial charge in [0.05, 0.1) is 16.1 Å². The lowest BCUT2D eigenvalue weighted by Gasteiger charge is -2.38. The van der Waals surface area contributed by atoms with Crippen LogP contribution in [0.2, 0.25) is 0 Å². The second kappa shape index (κ2) is 6.16. The number of carbonyl (C=O) groups is 1. The Bertz CT molecular complexity index is 625. The van der Waals surface area contributed by atoms with Crippen LogP contribution in [-0.4, -0.2) is 34.2 Å². The molecule has 1 saturated carbocycles. The van der Waals surface area contributed by atoms with Gasteiger partial charge in [0.15, 0.2) is 0 Å². The van der Waals surface area contributed by atoms with Crippen molar-refractivity contribution in [1.82, 2.24) is 5.32 Å². The summed E-state index contributed by atoms with van der Waals surface area (Å²) in [4.78, 5) is 22.5. The van der Waals surface area contributed by atoms with Gasteiger partial charge in [-0.15, -0.1) is 0 Å². The molecule has 1 aliphatic carbocycles. The van der Waals surface area contributed by atoms with Crippen LogP contribution in [0.4, 0.5) is 5.69 Å². The molecule has 3 rings (SSSR count). The summed E-state index contributed by atoms with van der Waals surface area (Å²) in [5, 5.41) is 23.7. The number of ether oxygens (including phenoxy) is 1. The molecule has 1 saturated heterocycles. The van der Waals surface area contributed by atoms with Crippen LogP contribution in [0, 0.1) is 10.1 Å². The Labute approximate surface area is 133 Å². The highest BCUT2D eigenvalue weighted by Gasteiger charge is 2.40. The first-order valence-corrected chi connectivity index (χ1v) is 7.92. The summed E-state index contributed by atoms with van der Waals surface area (Å²) in [6.45, 7) is 0.603. The van der Waals surface area contributed by atoms with Gasteiger partial charge < -0.3 is 15.2 Å². The molecule has 1 unspecified atom stereocenters. The summed E-state index contributed by atoms with van der Waals surface area (Å²) in [6.07, 6.45) is 5.79. The summed E-state index contributed by atoms with van der Waals surface area (Å²) >= 11 is 0. The normalized spacial score (nSPS) is 22.9. The quantitative estimate of drug-likeness (QED) is 0.658. The number of carbonyl (C=O) groups excluding carboxylic acids is 1. The maximum Gasteiger partial charge on any atom is 0.311 e. The number of phenols is 1. The fourth-order valence-electron chi connectivity index (χ4n) is 3.64. The SMILES string of the molecule is O=C(NC1CCOC2(CCCC2)C1)c1cccc([N+](=O)[O-])c1O. The van der Waals surface area contributed by atoms with E-state index in [1.54, 1.807) is 0 Å². The minimum absolute atomic E-state index is 0.0342. The second-order valence-corrected chi connectivity index (χ2v) is 6.33. The van der Waals surface area contributed by atoms with E-state index in [0.29, 0.717) is 13.0 Å². The van der Waals surface area contributed by atoms with Crippen LogP contribution in [0.5, 0.6) is 5.75 Å². The summed E-state index contributed by atoms with van der Waals surface area (Å²) in [7, 11) is 0. The summed E-state index contributed by atoms with van der Waals surface area (Å²) in [6, 6.07) is 3.93. The Morgan fingerprint density at radius 1 is 1.39 bits per heavy atom. The molecule has 0 radical (unpaired) electrons. The van der Waals surface area contributed by atoms with Gasteiger partial charge in [0.2, 0.25) is 5.75 Å². The second-order valence-electron chi connectivity index (χ2n) is 6.33. The molecular weight excluding hydrogens is 300 g/mol. The maximum atomic E-state index is 12.4. The van der Waals surface area contributed by atoms with Crippen LogP contribution < -0.4 is 5.32 Å². The van der Waals surface area contributed by atoms with E-state index in [1.807, 2.05) is 0 Å². The number of aromatic hydroxyl groups is 1. The van der Waals surface area contributed by atoms with Crippen molar-refractivity contribution in [2.75, 3.05) is 6.61 Å². The Hall–Kier alpha value is -2.15. The Morgan fingerprint density at radius 3 is 2.83 bits per heavy atom. The van der Waals surface area contributed by atoms with Crippen molar-refractivity contribution in [3.05, 3.63) is 33.9 Å². The third-order valence-corrected chi connectivity index (χ3v) is 4.80. The molecule has 1 spiro atoms. The Kier molecular flexibility index (Phi) is 4.21. The molecule has 124 valence electrons. The zero-order valence-corrected chi connectivity index (χ0v) is 12.8. The highest BCUT2D eigenvalue weighted by atomic mass is 16.6. The third-order valence-electron chi connectivity index (χ3n) is 4.80. The number of hydrogen-bond donors (Lipinski definition) is 2. The van der Waals surface area contributed by atoms with Gasteiger partial charge in [-0.25, -0.2) is 0 Å². The van der Waals surface area contributed by atoms with Gasteiger partial charge >= 0.3 is 5.69 Å². The molecule has 23 heavy (non-hydrogen) atoms. The van der Waals surface area contributed by atoms with Crippen molar-refractivity contribution in [1.29, 1.82) is 0 Å². The molecule has 2 aliphatic rings. The van der Waals surface area contributed by atoms with Crippen molar-refractivity contribution < 1.29 is 19.6 Å². The average Bonchev–Trinajstić information content (AvgIpc) is 2.94. The summed E-state index contributed by atoms with van der Waals surface area (Å²) in [5.41, 5.74) is -0.649. The lowest BCUT2D eigenvalue weighted by atomic mass is 9.89. The molecule has 1 aliphatic heterocycles. The van der Waals surface area contributed by atoms with Crippen LogP contribution in [-0.2, 0) is 4.74 Å². The number of hydrogen-bond acceptors (Lipinski definition) is 5. The Balaban J connectivity index is 1.72. The van der Waals surface area contributed by atoms with Crippen molar-refractivity contribution in [3.8, 4) is 5.75 Å². The molecular formula is C16H20N2O5. The zero-order chi connectivity index (χ0) is 16.4. The maximum absolute atomic E-state index is 12.4. The average molecular weight is 320 g/mol. The number of amides is 1. The van der Waals surface area contributed by atoms with Crippen LogP contribution in [0.15, 0.2) is 18.2 Å². The number of nitro groups is 1. The molecule has 1 amide bonds. The first-order valence-electron chi connectivity index (χ1n) is 7.92. The van der Waals surface area contributed by atoms with Crippen molar-refractivity contribution in [3.63, 3.8) is 0 Å². The van der Waals surface area contributed by atoms with Gasteiger partial charge in [-0.05, 0) is 31.7 Å². The van der Waals surface area contributed by atoms with Gasteiger partial charge in [-0.3, -0.25) is 14.9 Å². The largest absolute Gasteiger partial charge is 0.502 e. The number of nitrogens with one attached hydrogen (secondary N) is 1. The topological polar surface area (TPSA) is 102 Å². The molecule has 7 heteroatoms. The summed E-state index contributed by atoms with van der Waals surface area (Å²) < 4.78 is 5.93. The van der Waals surface area contributed by atoms with Gasteiger partial charge in [0, 0.05) is 18.7 Å². The number of benzene rings is 1. The van der Waals surface area contributed by atoms with E-state index < -0.39 is 22.3 Å². The molecule has 2 fully saturated rings. The molecule has 1 aromatic carbocycles. The minimum atomic E-state index is -0.700. The lowest BCUT2D eigenvalue weighted by Crippen LogP contribution is -2.47. The smallest absolute Gasteiger partial charge is 0.311 e. The predicted octanol–water partition coefficient (Wildman–Crippen LogP) is 2.52. The van der Waals surface area contributed by atoms with E-state index >= 15 is 0 Å². The third kappa shape index (κ3) is 3.14. The van der Waals surface area contributed by atoms with E-state index in [1.165, 1.54) is 18.2 Å². The van der Waals surface area contributed by atoms with Crippen LogP contribution in [0.25, 0.3) is 0 Å². The highest BCUT2D eigenvalue weighted by Crippen LogP contribution is 2.40. The molecule has 1 atom stereocenters. The van der Waals surface area contributed by atoms with E-state index in [2.05, 4.69) is 5.32 Å². The zero-order valence-electron chi connectivity index (χ0n) is 12.8. The van der Waals surface area contributed by atoms with E-state index in [0.717, 1.165) is 32.1 Å². The number of phenolic OH excluding ortho intramolecular Hbond substituents is 1. The first-order chi connectivity index (χ1) is 11.0. The summed E-state index contributed by atoms with van der Waals surface area (Å²) in [5.74, 6) is -1.07.